The molecule has 0 radical (unpaired) electrons. The highest BCUT2D eigenvalue weighted by Gasteiger charge is 2.38. The van der Waals surface area contributed by atoms with Crippen molar-refractivity contribution in [2.24, 2.45) is 5.92 Å². The topological polar surface area (TPSA) is 55.8 Å². The molecule has 5 heteroatoms. The lowest BCUT2D eigenvalue weighted by atomic mass is 9.91. The smallest absolute Gasteiger partial charge is 0.410 e. The maximum Gasteiger partial charge on any atom is 0.410 e. The van der Waals surface area contributed by atoms with Crippen molar-refractivity contribution in [3.05, 3.63) is 0 Å². The van der Waals surface area contributed by atoms with Crippen LogP contribution in [0.4, 0.5) is 4.79 Å². The third kappa shape index (κ3) is 1.91. The molecule has 0 N–H and O–H groups in total. The second-order valence-corrected chi connectivity index (χ2v) is 4.01. The minimum absolute atomic E-state index is 0.183. The summed E-state index contributed by atoms with van der Waals surface area (Å²) in [7, 11) is 1.38. The van der Waals surface area contributed by atoms with Crippen LogP contribution in [0.25, 0.3) is 0 Å². The van der Waals surface area contributed by atoms with Crippen molar-refractivity contribution in [2.75, 3.05) is 20.3 Å². The first-order valence-corrected chi connectivity index (χ1v) is 5.23. The highest BCUT2D eigenvalue weighted by Crippen LogP contribution is 2.27. The van der Waals surface area contributed by atoms with Crippen LogP contribution in [0.15, 0.2) is 0 Å². The third-order valence-corrected chi connectivity index (χ3v) is 3.15. The average Bonchev–Trinajstić information content (AvgIpc) is 2.28. The number of methoxy groups -OCH3 is 1. The van der Waals surface area contributed by atoms with Crippen molar-refractivity contribution >= 4 is 12.1 Å². The number of hydrogen-bond donors (Lipinski definition) is 0. The van der Waals surface area contributed by atoms with Gasteiger partial charge in [0.05, 0.1) is 19.6 Å². The van der Waals surface area contributed by atoms with E-state index < -0.39 is 0 Å². The number of esters is 1. The Kier molecular flexibility index (Phi) is 2.79. The molecule has 1 amide bonds. The van der Waals surface area contributed by atoms with E-state index in [2.05, 4.69) is 4.74 Å². The molecular formula is C10H15NO4. The second kappa shape index (κ2) is 4.08. The minimum atomic E-state index is -0.292. The monoisotopic (exact) mass is 213 g/mol. The van der Waals surface area contributed by atoms with Crippen LogP contribution < -0.4 is 0 Å². The van der Waals surface area contributed by atoms with Crippen LogP contribution in [0.3, 0.4) is 0 Å². The molecule has 2 rings (SSSR count). The SMILES string of the molecule is COC(=O)C1CCC2CCOC(=O)N2C1. The molecule has 0 aromatic rings. The molecule has 84 valence electrons. The van der Waals surface area contributed by atoms with Gasteiger partial charge in [-0.1, -0.05) is 0 Å². The van der Waals surface area contributed by atoms with Gasteiger partial charge in [0.1, 0.15) is 0 Å². The first-order valence-electron chi connectivity index (χ1n) is 5.23. The van der Waals surface area contributed by atoms with E-state index in [9.17, 15) is 9.59 Å². The number of cyclic esters (lactones) is 1. The minimum Gasteiger partial charge on any atom is -0.469 e. The summed E-state index contributed by atoms with van der Waals surface area (Å²) in [5, 5.41) is 0. The fraction of sp³-hybridized carbons (Fsp3) is 0.800. The maximum absolute atomic E-state index is 11.4. The number of carbonyl (C=O) groups excluding carboxylic acids is 2. The average molecular weight is 213 g/mol. The van der Waals surface area contributed by atoms with Gasteiger partial charge in [-0.05, 0) is 12.8 Å². The van der Waals surface area contributed by atoms with Crippen LogP contribution >= 0.6 is 0 Å². The van der Waals surface area contributed by atoms with E-state index >= 15 is 0 Å². The number of nitrogens with zero attached hydrogens (tertiary/aromatic N) is 1. The Morgan fingerprint density at radius 2 is 2.27 bits per heavy atom. The molecule has 2 atom stereocenters. The van der Waals surface area contributed by atoms with Crippen LogP contribution in [0.5, 0.6) is 0 Å². The number of fused-ring (bicyclic) bond motifs is 1. The molecule has 0 spiro atoms. The van der Waals surface area contributed by atoms with E-state index in [-0.39, 0.29) is 24.0 Å². The van der Waals surface area contributed by atoms with E-state index in [1.54, 1.807) is 4.90 Å². The lowest BCUT2D eigenvalue weighted by molar-refractivity contribution is -0.148. The lowest BCUT2D eigenvalue weighted by Crippen LogP contribution is -2.52. The maximum atomic E-state index is 11.4. The molecule has 15 heavy (non-hydrogen) atoms. The largest absolute Gasteiger partial charge is 0.469 e. The van der Waals surface area contributed by atoms with Crippen molar-refractivity contribution in [1.82, 2.24) is 4.90 Å². The summed E-state index contributed by atoms with van der Waals surface area (Å²) in [6.45, 7) is 0.944. The summed E-state index contributed by atoms with van der Waals surface area (Å²) in [5.74, 6) is -0.413. The van der Waals surface area contributed by atoms with E-state index in [4.69, 9.17) is 4.74 Å². The fourth-order valence-corrected chi connectivity index (χ4v) is 2.28. The molecule has 0 aliphatic carbocycles. The Bertz CT molecular complexity index is 279. The first kappa shape index (κ1) is 10.3. The van der Waals surface area contributed by atoms with Gasteiger partial charge < -0.3 is 14.4 Å². The zero-order valence-electron chi connectivity index (χ0n) is 8.77. The molecule has 2 heterocycles. The lowest BCUT2D eigenvalue weighted by Gasteiger charge is -2.40. The quantitative estimate of drug-likeness (QED) is 0.604. The standard InChI is InChI=1S/C10H15NO4/c1-14-9(12)7-2-3-8-4-5-15-10(13)11(8)6-7/h7-8H,2-6H2,1H3. The van der Waals surface area contributed by atoms with Crippen molar-refractivity contribution in [2.45, 2.75) is 25.3 Å². The summed E-state index contributed by atoms with van der Waals surface area (Å²) in [5.41, 5.74) is 0. The van der Waals surface area contributed by atoms with E-state index in [0.29, 0.717) is 13.2 Å². The van der Waals surface area contributed by atoms with Crippen molar-refractivity contribution in [3.63, 3.8) is 0 Å². The zero-order valence-corrected chi connectivity index (χ0v) is 8.77. The van der Waals surface area contributed by atoms with Gasteiger partial charge in [0.2, 0.25) is 0 Å². The molecule has 0 aromatic carbocycles. The summed E-state index contributed by atoms with van der Waals surface area (Å²) in [4.78, 5) is 24.4. The number of ether oxygens (including phenoxy) is 2. The van der Waals surface area contributed by atoms with Gasteiger partial charge in [0, 0.05) is 19.0 Å². The van der Waals surface area contributed by atoms with Gasteiger partial charge in [0.15, 0.2) is 0 Å². The van der Waals surface area contributed by atoms with Crippen LogP contribution in [-0.2, 0) is 14.3 Å². The van der Waals surface area contributed by atoms with Gasteiger partial charge >= 0.3 is 12.1 Å². The van der Waals surface area contributed by atoms with Gasteiger partial charge in [-0.2, -0.15) is 0 Å². The fourth-order valence-electron chi connectivity index (χ4n) is 2.28. The zero-order chi connectivity index (χ0) is 10.8. The Morgan fingerprint density at radius 1 is 1.47 bits per heavy atom. The number of hydrogen-bond acceptors (Lipinski definition) is 4. The molecule has 2 unspecified atom stereocenters. The molecule has 2 aliphatic heterocycles. The molecule has 5 nitrogen and oxygen atoms in total. The van der Waals surface area contributed by atoms with Crippen molar-refractivity contribution in [3.8, 4) is 0 Å². The summed E-state index contributed by atoms with van der Waals surface area (Å²) in [6.07, 6.45) is 2.26. The Morgan fingerprint density at radius 3 is 3.00 bits per heavy atom. The summed E-state index contributed by atoms with van der Waals surface area (Å²) < 4.78 is 9.63. The van der Waals surface area contributed by atoms with Crippen LogP contribution in [0, 0.1) is 5.92 Å². The third-order valence-electron chi connectivity index (χ3n) is 3.15. The number of amides is 1. The molecular weight excluding hydrogens is 198 g/mol. The highest BCUT2D eigenvalue weighted by molar-refractivity contribution is 5.75. The van der Waals surface area contributed by atoms with Crippen LogP contribution in [0.1, 0.15) is 19.3 Å². The second-order valence-electron chi connectivity index (χ2n) is 4.01. The Labute approximate surface area is 88.3 Å². The molecule has 0 aromatic heterocycles. The van der Waals surface area contributed by atoms with Crippen LogP contribution in [0.2, 0.25) is 0 Å². The van der Waals surface area contributed by atoms with Gasteiger partial charge in [-0.3, -0.25) is 4.79 Å². The molecule has 2 fully saturated rings. The predicted octanol–water partition coefficient (Wildman–Crippen LogP) is 0.780. The van der Waals surface area contributed by atoms with Crippen molar-refractivity contribution < 1.29 is 19.1 Å². The van der Waals surface area contributed by atoms with Crippen LogP contribution in [-0.4, -0.2) is 43.3 Å². The van der Waals surface area contributed by atoms with Gasteiger partial charge in [-0.25, -0.2) is 4.79 Å². The van der Waals surface area contributed by atoms with Gasteiger partial charge in [0.25, 0.3) is 0 Å². The summed E-state index contributed by atoms with van der Waals surface area (Å²) in [6, 6.07) is 0.257. The predicted molar refractivity (Wildman–Crippen MR) is 51.2 cm³/mol. The molecule has 2 saturated heterocycles. The number of carbonyl (C=O) groups is 2. The Balaban J connectivity index is 2.02. The van der Waals surface area contributed by atoms with Gasteiger partial charge in [-0.15, -0.1) is 0 Å². The Hall–Kier alpha value is -1.26. The number of piperidine rings is 1. The highest BCUT2D eigenvalue weighted by atomic mass is 16.6. The first-order chi connectivity index (χ1) is 7.22. The van der Waals surface area contributed by atoms with E-state index in [1.165, 1.54) is 7.11 Å². The molecule has 0 bridgehead atoms. The molecule has 0 saturated carbocycles. The van der Waals surface area contributed by atoms with Crippen molar-refractivity contribution in [1.29, 1.82) is 0 Å². The summed E-state index contributed by atoms with van der Waals surface area (Å²) >= 11 is 0. The normalized spacial score (nSPS) is 30.5. The van der Waals surface area contributed by atoms with E-state index in [1.807, 2.05) is 0 Å². The van der Waals surface area contributed by atoms with E-state index in [0.717, 1.165) is 19.3 Å². The number of rotatable bonds is 1. The molecule has 2 aliphatic rings.